The van der Waals surface area contributed by atoms with E-state index in [-0.39, 0.29) is 16.7 Å². The summed E-state index contributed by atoms with van der Waals surface area (Å²) >= 11 is 12.2. The van der Waals surface area contributed by atoms with Crippen molar-refractivity contribution in [2.45, 2.75) is 10.4 Å². The van der Waals surface area contributed by atoms with Crippen molar-refractivity contribution in [2.75, 3.05) is 5.32 Å². The van der Waals surface area contributed by atoms with Gasteiger partial charge in [-0.3, -0.25) is 4.40 Å². The second kappa shape index (κ2) is 6.78. The van der Waals surface area contributed by atoms with Crippen LogP contribution in [0.5, 0.6) is 0 Å². The maximum Gasteiger partial charge on any atom is 0.446 e. The summed E-state index contributed by atoms with van der Waals surface area (Å²) in [5, 5.41) is 3.96. The Balaban J connectivity index is 1.74. The fourth-order valence-corrected chi connectivity index (χ4v) is 3.78. The van der Waals surface area contributed by atoms with Gasteiger partial charge in [-0.15, -0.1) is 0 Å². The van der Waals surface area contributed by atoms with Gasteiger partial charge in [-0.25, -0.2) is 9.97 Å². The van der Waals surface area contributed by atoms with Gasteiger partial charge in [0.1, 0.15) is 0 Å². The maximum absolute atomic E-state index is 12.4. The summed E-state index contributed by atoms with van der Waals surface area (Å²) in [5.41, 5.74) is -2.00. The van der Waals surface area contributed by atoms with Crippen LogP contribution in [0, 0.1) is 0 Å². The Hall–Kier alpha value is -2.16. The average Bonchev–Trinajstić information content (AvgIpc) is 3.04. The monoisotopic (exact) mass is 428 g/mol. The zero-order chi connectivity index (χ0) is 19.2. The first-order valence-electron chi connectivity index (χ1n) is 7.55. The molecule has 0 aliphatic heterocycles. The van der Waals surface area contributed by atoms with E-state index in [1.54, 1.807) is 41.1 Å². The Morgan fingerprint density at radius 3 is 2.52 bits per heavy atom. The van der Waals surface area contributed by atoms with E-state index in [4.69, 9.17) is 23.2 Å². The first kappa shape index (κ1) is 18.2. The average molecular weight is 429 g/mol. The lowest BCUT2D eigenvalue weighted by atomic mass is 10.3. The minimum atomic E-state index is -4.32. The molecule has 0 aliphatic rings. The number of hydrogen-bond acceptors (Lipinski definition) is 4. The van der Waals surface area contributed by atoms with Crippen molar-refractivity contribution in [3.05, 3.63) is 58.8 Å². The molecule has 0 atom stereocenters. The number of fused-ring (bicyclic) bond motifs is 3. The van der Waals surface area contributed by atoms with E-state index in [0.717, 1.165) is 0 Å². The van der Waals surface area contributed by atoms with Crippen LogP contribution in [0.25, 0.3) is 16.7 Å². The van der Waals surface area contributed by atoms with E-state index >= 15 is 0 Å². The summed E-state index contributed by atoms with van der Waals surface area (Å²) in [6, 6.07) is 9.16. The Morgan fingerprint density at radius 2 is 1.81 bits per heavy atom. The molecule has 4 nitrogen and oxygen atoms in total. The van der Waals surface area contributed by atoms with Gasteiger partial charge < -0.3 is 5.32 Å². The lowest BCUT2D eigenvalue weighted by molar-refractivity contribution is -0.0328. The van der Waals surface area contributed by atoms with Crippen LogP contribution in [-0.2, 0) is 0 Å². The number of thioether (sulfide) groups is 1. The lowest BCUT2D eigenvalue weighted by Crippen LogP contribution is -2.01. The maximum atomic E-state index is 12.4. The number of anilines is 2. The van der Waals surface area contributed by atoms with Crippen LogP contribution < -0.4 is 5.32 Å². The van der Waals surface area contributed by atoms with Gasteiger partial charge in [-0.2, -0.15) is 13.2 Å². The van der Waals surface area contributed by atoms with Gasteiger partial charge in [-0.05, 0) is 48.2 Å². The van der Waals surface area contributed by atoms with Crippen molar-refractivity contribution in [3.8, 4) is 0 Å². The standard InChI is InChI=1S/C17H9Cl2F3N4S/c18-9-7-12(19)14-13(8-9)25-15(16-23-5-6-26(14)16)24-10-1-3-11(4-2-10)27-17(20,21)22/h1-8H,(H,24,25). The number of nitrogens with zero attached hydrogens (tertiary/aromatic N) is 3. The van der Waals surface area contributed by atoms with Crippen molar-refractivity contribution in [1.29, 1.82) is 0 Å². The quantitative estimate of drug-likeness (QED) is 0.376. The molecular weight excluding hydrogens is 420 g/mol. The number of halogens is 5. The summed E-state index contributed by atoms with van der Waals surface area (Å²) in [7, 11) is 0. The smallest absolute Gasteiger partial charge is 0.337 e. The summed E-state index contributed by atoms with van der Waals surface area (Å²) in [5.74, 6) is 0.432. The molecule has 2 heterocycles. The zero-order valence-electron chi connectivity index (χ0n) is 13.3. The van der Waals surface area contributed by atoms with Crippen molar-refractivity contribution < 1.29 is 13.2 Å². The highest BCUT2D eigenvalue weighted by Gasteiger charge is 2.29. The van der Waals surface area contributed by atoms with Crippen molar-refractivity contribution in [2.24, 2.45) is 0 Å². The number of aromatic nitrogens is 3. The highest BCUT2D eigenvalue weighted by atomic mass is 35.5. The molecule has 0 spiro atoms. The Kier molecular flexibility index (Phi) is 4.57. The SMILES string of the molecule is FC(F)(F)Sc1ccc(Nc2nc3cc(Cl)cc(Cl)c3n3ccnc23)cc1. The van der Waals surface area contributed by atoms with E-state index in [0.29, 0.717) is 38.2 Å². The van der Waals surface area contributed by atoms with Crippen LogP contribution in [0.1, 0.15) is 0 Å². The van der Waals surface area contributed by atoms with Crippen molar-refractivity contribution >= 4 is 63.1 Å². The third-order valence-electron chi connectivity index (χ3n) is 3.68. The fourth-order valence-electron chi connectivity index (χ4n) is 2.67. The van der Waals surface area contributed by atoms with Gasteiger partial charge in [0.2, 0.25) is 0 Å². The number of rotatable bonds is 3. The Bertz CT molecular complexity index is 1140. The molecule has 1 N–H and O–H groups in total. The predicted octanol–water partition coefficient (Wildman–Crippen LogP) is 6.54. The summed E-state index contributed by atoms with van der Waals surface area (Å²) in [4.78, 5) is 8.91. The molecule has 0 saturated carbocycles. The second-order valence-electron chi connectivity index (χ2n) is 5.53. The molecule has 0 fully saturated rings. The van der Waals surface area contributed by atoms with Crippen LogP contribution in [0.15, 0.2) is 53.7 Å². The summed E-state index contributed by atoms with van der Waals surface area (Å²) in [6.07, 6.45) is 3.35. The van der Waals surface area contributed by atoms with Crippen molar-refractivity contribution in [3.63, 3.8) is 0 Å². The highest BCUT2D eigenvalue weighted by molar-refractivity contribution is 8.00. The minimum absolute atomic E-state index is 0.101. The first-order valence-corrected chi connectivity index (χ1v) is 9.12. The largest absolute Gasteiger partial charge is 0.446 e. The molecule has 4 aromatic rings. The van der Waals surface area contributed by atoms with Gasteiger partial charge in [0.15, 0.2) is 11.5 Å². The molecule has 4 rings (SSSR count). The van der Waals surface area contributed by atoms with Crippen LogP contribution >= 0.6 is 35.0 Å². The van der Waals surface area contributed by atoms with Gasteiger partial charge in [-0.1, -0.05) is 23.2 Å². The van der Waals surface area contributed by atoms with E-state index in [1.165, 1.54) is 12.1 Å². The summed E-state index contributed by atoms with van der Waals surface area (Å²) < 4.78 is 39.1. The molecule has 0 unspecified atom stereocenters. The normalized spacial score (nSPS) is 12.0. The van der Waals surface area contributed by atoms with Crippen molar-refractivity contribution in [1.82, 2.24) is 14.4 Å². The van der Waals surface area contributed by atoms with Gasteiger partial charge in [0.05, 0.1) is 16.1 Å². The molecule has 138 valence electrons. The van der Waals surface area contributed by atoms with E-state index in [1.807, 2.05) is 0 Å². The topological polar surface area (TPSA) is 42.2 Å². The minimum Gasteiger partial charge on any atom is -0.337 e. The second-order valence-corrected chi connectivity index (χ2v) is 7.52. The zero-order valence-corrected chi connectivity index (χ0v) is 15.6. The molecule has 27 heavy (non-hydrogen) atoms. The molecule has 0 amide bonds. The number of alkyl halides is 3. The number of benzene rings is 2. The van der Waals surface area contributed by atoms with Crippen LogP contribution in [0.3, 0.4) is 0 Å². The Morgan fingerprint density at radius 1 is 1.07 bits per heavy atom. The van der Waals surface area contributed by atoms with Gasteiger partial charge in [0, 0.05) is 28.0 Å². The molecular formula is C17H9Cl2F3N4S. The number of imidazole rings is 1. The van der Waals surface area contributed by atoms with Crippen LogP contribution in [0.2, 0.25) is 10.0 Å². The molecule has 0 aliphatic carbocycles. The predicted molar refractivity (Wildman–Crippen MR) is 102 cm³/mol. The van der Waals surface area contributed by atoms with Gasteiger partial charge >= 0.3 is 5.51 Å². The molecule has 0 radical (unpaired) electrons. The van der Waals surface area contributed by atoms with E-state index < -0.39 is 5.51 Å². The Labute approximate surface area is 165 Å². The third-order valence-corrected chi connectivity index (χ3v) is 4.93. The number of nitrogens with one attached hydrogen (secondary N) is 1. The van der Waals surface area contributed by atoms with E-state index in [9.17, 15) is 13.2 Å². The highest BCUT2D eigenvalue weighted by Crippen LogP contribution is 2.37. The van der Waals surface area contributed by atoms with Crippen LogP contribution in [-0.4, -0.2) is 19.9 Å². The molecule has 0 saturated heterocycles. The lowest BCUT2D eigenvalue weighted by Gasteiger charge is -2.11. The third kappa shape index (κ3) is 3.78. The van der Waals surface area contributed by atoms with E-state index in [2.05, 4.69) is 15.3 Å². The van der Waals surface area contributed by atoms with Gasteiger partial charge in [0.25, 0.3) is 0 Å². The molecule has 2 aromatic carbocycles. The summed E-state index contributed by atoms with van der Waals surface area (Å²) in [6.45, 7) is 0. The van der Waals surface area contributed by atoms with Crippen LogP contribution in [0.4, 0.5) is 24.7 Å². The molecule has 0 bridgehead atoms. The first-order chi connectivity index (χ1) is 12.8. The number of hydrogen-bond donors (Lipinski definition) is 1. The molecule has 2 aromatic heterocycles. The fraction of sp³-hybridized carbons (Fsp3) is 0.0588. The molecule has 10 heteroatoms.